The van der Waals surface area contributed by atoms with Gasteiger partial charge in [-0.05, 0) is 19.3 Å². The van der Waals surface area contributed by atoms with Gasteiger partial charge in [-0.2, -0.15) is 0 Å². The number of hydrogen-bond donors (Lipinski definition) is 1. The summed E-state index contributed by atoms with van der Waals surface area (Å²) in [4.78, 5) is 25.7. The van der Waals surface area contributed by atoms with Crippen LogP contribution in [0.1, 0.15) is 36.0 Å². The van der Waals surface area contributed by atoms with Crippen LogP contribution in [0.5, 0.6) is 0 Å². The van der Waals surface area contributed by atoms with Crippen molar-refractivity contribution >= 4 is 22.4 Å². The number of benzene rings is 1. The minimum absolute atomic E-state index is 0.00255. The first kappa shape index (κ1) is 13.8. The number of Topliss-reactive ketones (excluding diaryl/α,β-unsaturated/α-hetero) is 1. The highest BCUT2D eigenvalue weighted by molar-refractivity contribution is 6.09. The number of carbonyl (C=O) groups excluding carboxylic acids is 1. The maximum Gasteiger partial charge on any atom is 0.293 e. The molecule has 110 valence electrons. The Bertz CT molecular complexity index is 686. The summed E-state index contributed by atoms with van der Waals surface area (Å²) in [6.07, 6.45) is 4.91. The van der Waals surface area contributed by atoms with Gasteiger partial charge >= 0.3 is 0 Å². The largest absolute Gasteiger partial charge is 0.378 e. The predicted octanol–water partition coefficient (Wildman–Crippen LogP) is 3.22. The van der Waals surface area contributed by atoms with Gasteiger partial charge in [0.25, 0.3) is 5.69 Å². The third-order valence-corrected chi connectivity index (χ3v) is 3.91. The van der Waals surface area contributed by atoms with Gasteiger partial charge in [-0.15, -0.1) is 0 Å². The van der Waals surface area contributed by atoms with E-state index < -0.39 is 4.92 Å². The lowest BCUT2D eigenvalue weighted by atomic mass is 10.0. The number of nitrogens with zero attached hydrogens (tertiary/aromatic N) is 1. The summed E-state index contributed by atoms with van der Waals surface area (Å²) in [5, 5.41) is 11.6. The number of nitro benzene ring substituents is 1. The van der Waals surface area contributed by atoms with Gasteiger partial charge in [0.05, 0.1) is 11.0 Å². The van der Waals surface area contributed by atoms with Crippen molar-refractivity contribution in [3.8, 4) is 0 Å². The second kappa shape index (κ2) is 5.65. The molecule has 1 fully saturated rings. The summed E-state index contributed by atoms with van der Waals surface area (Å²) in [7, 11) is 0. The number of ether oxygens (including phenoxy) is 1. The Morgan fingerprint density at radius 1 is 1.48 bits per heavy atom. The lowest BCUT2D eigenvalue weighted by Crippen LogP contribution is -2.08. The van der Waals surface area contributed by atoms with E-state index in [0.29, 0.717) is 29.3 Å². The number of nitro groups is 1. The molecule has 1 atom stereocenters. The lowest BCUT2D eigenvalue weighted by molar-refractivity contribution is -0.383. The molecular formula is C15H16N2O4. The van der Waals surface area contributed by atoms with E-state index in [4.69, 9.17) is 4.74 Å². The molecule has 0 aliphatic carbocycles. The van der Waals surface area contributed by atoms with Crippen LogP contribution in [0.25, 0.3) is 10.9 Å². The summed E-state index contributed by atoms with van der Waals surface area (Å²) in [6.45, 7) is 0.776. The Balaban J connectivity index is 1.81. The SMILES string of the molecule is O=C(CCC1CCCO1)c1c[nH]c2c([N+](=O)[O-])cccc12. The van der Waals surface area contributed by atoms with E-state index in [1.54, 1.807) is 18.3 Å². The number of H-pyrrole nitrogens is 1. The van der Waals surface area contributed by atoms with Crippen LogP contribution < -0.4 is 0 Å². The van der Waals surface area contributed by atoms with Crippen LogP contribution in [0, 0.1) is 10.1 Å². The number of ketones is 1. The fourth-order valence-corrected chi connectivity index (χ4v) is 2.82. The lowest BCUT2D eigenvalue weighted by Gasteiger charge is -2.07. The highest BCUT2D eigenvalue weighted by Gasteiger charge is 2.21. The van der Waals surface area contributed by atoms with Crippen LogP contribution in [0.2, 0.25) is 0 Å². The molecule has 1 N–H and O–H groups in total. The molecule has 0 spiro atoms. The number of rotatable bonds is 5. The minimum atomic E-state index is -0.445. The smallest absolute Gasteiger partial charge is 0.293 e. The van der Waals surface area contributed by atoms with Gasteiger partial charge < -0.3 is 9.72 Å². The molecule has 3 rings (SSSR count). The maximum absolute atomic E-state index is 12.3. The quantitative estimate of drug-likeness (QED) is 0.520. The van der Waals surface area contributed by atoms with E-state index in [1.165, 1.54) is 6.07 Å². The molecule has 0 amide bonds. The van der Waals surface area contributed by atoms with Crippen LogP contribution in [0.4, 0.5) is 5.69 Å². The van der Waals surface area contributed by atoms with E-state index >= 15 is 0 Å². The van der Waals surface area contributed by atoms with Crippen LogP contribution in [-0.4, -0.2) is 28.4 Å². The van der Waals surface area contributed by atoms with Gasteiger partial charge in [0.15, 0.2) is 5.78 Å². The average molecular weight is 288 g/mol. The van der Waals surface area contributed by atoms with Crippen molar-refractivity contribution in [3.05, 3.63) is 40.1 Å². The number of aromatic nitrogens is 1. The number of hydrogen-bond acceptors (Lipinski definition) is 4. The van der Waals surface area contributed by atoms with Crippen molar-refractivity contribution in [3.63, 3.8) is 0 Å². The molecule has 1 unspecified atom stereocenters. The Morgan fingerprint density at radius 2 is 2.33 bits per heavy atom. The highest BCUT2D eigenvalue weighted by atomic mass is 16.6. The van der Waals surface area contributed by atoms with Gasteiger partial charge in [0.1, 0.15) is 5.52 Å². The van der Waals surface area contributed by atoms with Crippen LogP contribution in [0.15, 0.2) is 24.4 Å². The number of para-hydroxylation sites is 1. The molecule has 1 saturated heterocycles. The highest BCUT2D eigenvalue weighted by Crippen LogP contribution is 2.28. The van der Waals surface area contributed by atoms with E-state index in [2.05, 4.69) is 4.98 Å². The molecule has 1 aromatic carbocycles. The minimum Gasteiger partial charge on any atom is -0.378 e. The van der Waals surface area contributed by atoms with Crippen molar-refractivity contribution in [2.24, 2.45) is 0 Å². The first-order valence-corrected chi connectivity index (χ1v) is 7.06. The van der Waals surface area contributed by atoms with Crippen LogP contribution >= 0.6 is 0 Å². The summed E-state index contributed by atoms with van der Waals surface area (Å²) in [5.41, 5.74) is 0.917. The van der Waals surface area contributed by atoms with E-state index in [9.17, 15) is 14.9 Å². The second-order valence-electron chi connectivity index (χ2n) is 5.26. The molecule has 6 heteroatoms. The summed E-state index contributed by atoms with van der Waals surface area (Å²) < 4.78 is 5.51. The van der Waals surface area contributed by atoms with Crippen LogP contribution in [-0.2, 0) is 4.74 Å². The van der Waals surface area contributed by atoms with Crippen LogP contribution in [0.3, 0.4) is 0 Å². The third-order valence-electron chi connectivity index (χ3n) is 3.91. The number of nitrogens with one attached hydrogen (secondary N) is 1. The molecule has 1 aliphatic rings. The Morgan fingerprint density at radius 3 is 3.05 bits per heavy atom. The fraction of sp³-hybridized carbons (Fsp3) is 0.400. The van der Waals surface area contributed by atoms with Gasteiger partial charge in [-0.25, -0.2) is 0 Å². The molecule has 0 bridgehead atoms. The summed E-state index contributed by atoms with van der Waals surface area (Å²) in [6, 6.07) is 4.77. The zero-order valence-corrected chi connectivity index (χ0v) is 11.5. The number of fused-ring (bicyclic) bond motifs is 1. The van der Waals surface area contributed by atoms with E-state index in [1.807, 2.05) is 0 Å². The molecule has 0 radical (unpaired) electrons. The van der Waals surface area contributed by atoms with Crippen molar-refractivity contribution in [1.82, 2.24) is 4.98 Å². The Hall–Kier alpha value is -2.21. The Kier molecular flexibility index (Phi) is 3.70. The van der Waals surface area contributed by atoms with Crippen molar-refractivity contribution in [1.29, 1.82) is 0 Å². The molecule has 2 aromatic rings. The summed E-state index contributed by atoms with van der Waals surface area (Å²) in [5.74, 6) is -0.00255. The van der Waals surface area contributed by atoms with Gasteiger partial charge in [-0.1, -0.05) is 12.1 Å². The maximum atomic E-state index is 12.3. The van der Waals surface area contributed by atoms with Crippen molar-refractivity contribution < 1.29 is 14.5 Å². The van der Waals surface area contributed by atoms with Gasteiger partial charge in [0, 0.05) is 36.2 Å². The standard InChI is InChI=1S/C15H16N2O4/c18-14(7-6-10-3-2-8-21-10)12-9-16-15-11(12)4-1-5-13(15)17(19)20/h1,4-5,9-10,16H,2-3,6-8H2. The molecule has 21 heavy (non-hydrogen) atoms. The number of carbonyl (C=O) groups is 1. The normalized spacial score (nSPS) is 18.2. The van der Waals surface area contributed by atoms with Gasteiger partial charge in [0.2, 0.25) is 0 Å². The average Bonchev–Trinajstić information content (AvgIpc) is 3.13. The first-order valence-electron chi connectivity index (χ1n) is 7.06. The monoisotopic (exact) mass is 288 g/mol. The third kappa shape index (κ3) is 2.67. The van der Waals surface area contributed by atoms with E-state index in [-0.39, 0.29) is 17.6 Å². The molecular weight excluding hydrogens is 272 g/mol. The number of aromatic amines is 1. The fourth-order valence-electron chi connectivity index (χ4n) is 2.82. The molecule has 2 heterocycles. The topological polar surface area (TPSA) is 85.2 Å². The number of non-ortho nitro benzene ring substituents is 1. The first-order chi connectivity index (χ1) is 10.2. The molecule has 1 aromatic heterocycles. The predicted molar refractivity (Wildman–Crippen MR) is 77.5 cm³/mol. The zero-order valence-electron chi connectivity index (χ0n) is 11.5. The molecule has 0 saturated carbocycles. The van der Waals surface area contributed by atoms with Crippen molar-refractivity contribution in [2.75, 3.05) is 6.61 Å². The zero-order chi connectivity index (χ0) is 14.8. The Labute approximate surface area is 121 Å². The molecule has 1 aliphatic heterocycles. The van der Waals surface area contributed by atoms with Crippen molar-refractivity contribution in [2.45, 2.75) is 31.8 Å². The van der Waals surface area contributed by atoms with Gasteiger partial charge in [-0.3, -0.25) is 14.9 Å². The second-order valence-corrected chi connectivity index (χ2v) is 5.26. The molecule has 6 nitrogen and oxygen atoms in total. The van der Waals surface area contributed by atoms with E-state index in [0.717, 1.165) is 19.4 Å². The summed E-state index contributed by atoms with van der Waals surface area (Å²) >= 11 is 0.